The van der Waals surface area contributed by atoms with Gasteiger partial charge in [-0.05, 0) is 56.6 Å². The molecule has 2 aromatic heterocycles. The molecule has 0 amide bonds. The Balaban J connectivity index is 0.00000151. The summed E-state index contributed by atoms with van der Waals surface area (Å²) in [4.78, 5) is 27.4. The van der Waals surface area contributed by atoms with Crippen molar-refractivity contribution in [2.24, 2.45) is 11.8 Å². The minimum absolute atomic E-state index is 0.0160. The standard InChI is InChI=1S/C30H29FN4O2.C2H6/c1-17-24-12-11-22-27(30(24,2)14-18(16-32)26(17)36)34-28(35-29(22)37-20-7-3-4-8-20)23-13-19(15-31)33-25-10-6-5-9-21(23)25;1-2/h5-6,9-10,13-14,17,20,24H,3-4,7-8,11-12,15H2,1-2H3;1-2H3/t17?,24?,30-;/m1./s1. The summed E-state index contributed by atoms with van der Waals surface area (Å²) in [7, 11) is 0. The average molecular weight is 527 g/mol. The number of aromatic nitrogens is 3. The van der Waals surface area contributed by atoms with Gasteiger partial charge in [-0.1, -0.05) is 52.0 Å². The van der Waals surface area contributed by atoms with Crippen molar-refractivity contribution >= 4 is 16.7 Å². The molecule has 1 fully saturated rings. The van der Waals surface area contributed by atoms with Crippen molar-refractivity contribution < 1.29 is 13.9 Å². The predicted octanol–water partition coefficient (Wildman–Crippen LogP) is 7.00. The summed E-state index contributed by atoms with van der Waals surface area (Å²) in [5, 5.41) is 10.6. The molecule has 202 valence electrons. The van der Waals surface area contributed by atoms with E-state index in [-0.39, 0.29) is 29.3 Å². The second-order valence-electron chi connectivity index (χ2n) is 10.8. The van der Waals surface area contributed by atoms with Crippen LogP contribution in [0, 0.1) is 23.2 Å². The number of nitrogens with zero attached hydrogens (tertiary/aromatic N) is 4. The number of hydrogen-bond donors (Lipinski definition) is 0. The number of hydrogen-bond acceptors (Lipinski definition) is 6. The molecule has 2 unspecified atom stereocenters. The molecule has 3 atom stereocenters. The number of carbonyl (C=O) groups is 1. The Morgan fingerprint density at radius 3 is 2.59 bits per heavy atom. The maximum atomic E-state index is 13.8. The van der Waals surface area contributed by atoms with Gasteiger partial charge in [0.15, 0.2) is 11.6 Å². The summed E-state index contributed by atoms with van der Waals surface area (Å²) >= 11 is 0. The number of rotatable bonds is 4. The number of ketones is 1. The molecule has 7 heteroatoms. The van der Waals surface area contributed by atoms with Crippen LogP contribution in [0.4, 0.5) is 4.39 Å². The lowest BCUT2D eigenvalue weighted by atomic mass is 9.58. The summed E-state index contributed by atoms with van der Waals surface area (Å²) in [5.41, 5.74) is 3.02. The Bertz CT molecular complexity index is 1490. The Morgan fingerprint density at radius 2 is 1.87 bits per heavy atom. The van der Waals surface area contributed by atoms with E-state index in [1.54, 1.807) is 6.07 Å². The predicted molar refractivity (Wildman–Crippen MR) is 149 cm³/mol. The van der Waals surface area contributed by atoms with E-state index in [0.29, 0.717) is 34.9 Å². The summed E-state index contributed by atoms with van der Waals surface area (Å²) in [6.07, 6.45) is 7.65. The zero-order valence-corrected chi connectivity index (χ0v) is 23.1. The third-order valence-electron chi connectivity index (χ3n) is 8.53. The lowest BCUT2D eigenvalue weighted by Gasteiger charge is -2.45. The summed E-state index contributed by atoms with van der Waals surface area (Å²) < 4.78 is 20.4. The molecular formula is C32H35FN4O2. The number of benzene rings is 1. The molecule has 3 aromatic rings. The number of fused-ring (bicyclic) bond motifs is 4. The molecule has 0 spiro atoms. The first-order valence-corrected chi connectivity index (χ1v) is 14.1. The number of halogens is 1. The van der Waals surface area contributed by atoms with Crippen LogP contribution in [0.3, 0.4) is 0 Å². The highest BCUT2D eigenvalue weighted by Crippen LogP contribution is 2.51. The number of Topliss-reactive ketones (excluding diaryl/α,β-unsaturated/α-hetero) is 1. The summed E-state index contributed by atoms with van der Waals surface area (Å²) in [6.45, 7) is 7.30. The maximum Gasteiger partial charge on any atom is 0.220 e. The molecule has 0 radical (unpaired) electrons. The third-order valence-corrected chi connectivity index (χ3v) is 8.53. The minimum Gasteiger partial charge on any atom is -0.474 e. The second kappa shape index (κ2) is 10.8. The van der Waals surface area contributed by atoms with Crippen LogP contribution in [-0.2, 0) is 23.3 Å². The highest BCUT2D eigenvalue weighted by Gasteiger charge is 2.50. The van der Waals surface area contributed by atoms with Crippen molar-refractivity contribution in [3.63, 3.8) is 0 Å². The highest BCUT2D eigenvalue weighted by molar-refractivity contribution is 6.02. The molecule has 6 nitrogen and oxygen atoms in total. The zero-order valence-electron chi connectivity index (χ0n) is 23.1. The lowest BCUT2D eigenvalue weighted by Crippen LogP contribution is -2.46. The second-order valence-corrected chi connectivity index (χ2v) is 10.8. The fourth-order valence-corrected chi connectivity index (χ4v) is 6.61. The number of para-hydroxylation sites is 1. The van der Waals surface area contributed by atoms with E-state index in [2.05, 4.69) is 18.0 Å². The lowest BCUT2D eigenvalue weighted by molar-refractivity contribution is -0.121. The fraction of sp³-hybridized carbons (Fsp3) is 0.469. The van der Waals surface area contributed by atoms with Gasteiger partial charge in [-0.15, -0.1) is 0 Å². The van der Waals surface area contributed by atoms with Crippen LogP contribution < -0.4 is 4.74 Å². The minimum atomic E-state index is -0.693. The number of alkyl halides is 1. The molecule has 39 heavy (non-hydrogen) atoms. The molecule has 0 bridgehead atoms. The number of ether oxygens (including phenoxy) is 1. The topological polar surface area (TPSA) is 88.8 Å². The van der Waals surface area contributed by atoms with Crippen molar-refractivity contribution in [2.75, 3.05) is 0 Å². The molecule has 6 rings (SSSR count). The van der Waals surface area contributed by atoms with Gasteiger partial charge < -0.3 is 4.74 Å². The molecule has 1 saturated carbocycles. The van der Waals surface area contributed by atoms with E-state index in [1.807, 2.05) is 51.1 Å². The van der Waals surface area contributed by atoms with Crippen molar-refractivity contribution in [2.45, 2.75) is 84.4 Å². The molecule has 2 heterocycles. The Kier molecular flexibility index (Phi) is 7.48. The van der Waals surface area contributed by atoms with Gasteiger partial charge in [0, 0.05) is 27.8 Å². The Labute approximate surface area is 229 Å². The maximum absolute atomic E-state index is 13.8. The summed E-state index contributed by atoms with van der Waals surface area (Å²) in [5.74, 6) is 0.666. The van der Waals surface area contributed by atoms with Crippen LogP contribution >= 0.6 is 0 Å². The van der Waals surface area contributed by atoms with E-state index < -0.39 is 12.1 Å². The third kappa shape index (κ3) is 4.60. The van der Waals surface area contributed by atoms with Crippen molar-refractivity contribution in [3.8, 4) is 23.3 Å². The molecule has 1 aromatic carbocycles. The van der Waals surface area contributed by atoms with Gasteiger partial charge in [-0.25, -0.2) is 14.4 Å². The van der Waals surface area contributed by atoms with E-state index >= 15 is 0 Å². The van der Waals surface area contributed by atoms with Gasteiger partial charge in [0.25, 0.3) is 0 Å². The van der Waals surface area contributed by atoms with E-state index in [1.165, 1.54) is 0 Å². The summed E-state index contributed by atoms with van der Waals surface area (Å²) in [6, 6.07) is 11.4. The number of nitriles is 1. The smallest absolute Gasteiger partial charge is 0.220 e. The van der Waals surface area contributed by atoms with E-state index in [9.17, 15) is 14.4 Å². The van der Waals surface area contributed by atoms with Gasteiger partial charge in [0.05, 0.1) is 22.5 Å². The number of allylic oxidation sites excluding steroid dienone is 2. The quantitative estimate of drug-likeness (QED) is 0.364. The van der Waals surface area contributed by atoms with Gasteiger partial charge in [0.1, 0.15) is 18.8 Å². The van der Waals surface area contributed by atoms with E-state index in [4.69, 9.17) is 14.7 Å². The first kappa shape index (κ1) is 26.9. The SMILES string of the molecule is CC.CC1C(=O)C(C#N)=C[C@@]2(C)c3nc(-c4cc(CF)nc5ccccc45)nc(OC4CCCC4)c3CCC12. The van der Waals surface area contributed by atoms with Crippen LogP contribution in [-0.4, -0.2) is 26.8 Å². The van der Waals surface area contributed by atoms with E-state index in [0.717, 1.165) is 48.7 Å². The zero-order chi connectivity index (χ0) is 27.7. The normalized spacial score (nSPS) is 24.2. The van der Waals surface area contributed by atoms with Gasteiger partial charge in [-0.2, -0.15) is 10.2 Å². The van der Waals surface area contributed by atoms with Crippen LogP contribution in [0.1, 0.15) is 76.8 Å². The average Bonchev–Trinajstić information content (AvgIpc) is 3.48. The molecule has 3 aliphatic carbocycles. The van der Waals surface area contributed by atoms with Crippen LogP contribution in [0.5, 0.6) is 5.88 Å². The van der Waals surface area contributed by atoms with Gasteiger partial charge >= 0.3 is 0 Å². The highest BCUT2D eigenvalue weighted by atomic mass is 19.1. The van der Waals surface area contributed by atoms with Crippen molar-refractivity contribution in [1.82, 2.24) is 15.0 Å². The van der Waals surface area contributed by atoms with Crippen LogP contribution in [0.25, 0.3) is 22.3 Å². The Morgan fingerprint density at radius 1 is 1.13 bits per heavy atom. The number of pyridine rings is 1. The monoisotopic (exact) mass is 526 g/mol. The molecule has 0 N–H and O–H groups in total. The number of carbonyl (C=O) groups excluding carboxylic acids is 1. The van der Waals surface area contributed by atoms with Crippen LogP contribution in [0.2, 0.25) is 0 Å². The van der Waals surface area contributed by atoms with Crippen molar-refractivity contribution in [3.05, 3.63) is 58.9 Å². The fourth-order valence-electron chi connectivity index (χ4n) is 6.61. The first-order valence-electron chi connectivity index (χ1n) is 14.1. The largest absolute Gasteiger partial charge is 0.474 e. The van der Waals surface area contributed by atoms with Crippen LogP contribution in [0.15, 0.2) is 42.0 Å². The molecule has 0 aliphatic heterocycles. The molecule has 0 saturated heterocycles. The Hall–Kier alpha value is -3.66. The first-order chi connectivity index (χ1) is 18.9. The van der Waals surface area contributed by atoms with Gasteiger partial charge in [-0.3, -0.25) is 4.79 Å². The van der Waals surface area contributed by atoms with Crippen molar-refractivity contribution in [1.29, 1.82) is 5.26 Å². The molecule has 3 aliphatic rings. The van der Waals surface area contributed by atoms with Gasteiger partial charge in [0.2, 0.25) is 5.88 Å². The molecular weight excluding hydrogens is 491 g/mol.